The molecule has 5 heteroatoms. The smallest absolute Gasteiger partial charge is 0.221 e. The Labute approximate surface area is 135 Å². The molecule has 1 saturated heterocycles. The minimum absolute atomic E-state index is 0.0454. The van der Waals surface area contributed by atoms with Gasteiger partial charge >= 0.3 is 0 Å². The van der Waals surface area contributed by atoms with Crippen LogP contribution in [0, 0.1) is 19.8 Å². The summed E-state index contributed by atoms with van der Waals surface area (Å²) in [6, 6.07) is 5.68. The van der Waals surface area contributed by atoms with Crippen LogP contribution in [0.4, 0.5) is 0 Å². The molecule has 0 spiro atoms. The number of benzene rings is 1. The number of aromatic nitrogens is 1. The molecular formula is C18H23N3O2. The van der Waals surface area contributed by atoms with Crippen LogP contribution in [0.15, 0.2) is 23.0 Å². The summed E-state index contributed by atoms with van der Waals surface area (Å²) in [5.74, 6) is -0.312. The number of carbonyl (C=O) groups excluding carboxylic acids is 1. The van der Waals surface area contributed by atoms with Crippen LogP contribution < -0.4 is 11.2 Å². The number of aromatic amines is 1. The number of aryl methyl sites for hydroxylation is 2. The van der Waals surface area contributed by atoms with E-state index in [0.717, 1.165) is 47.1 Å². The Balaban J connectivity index is 1.89. The van der Waals surface area contributed by atoms with Crippen molar-refractivity contribution in [3.05, 3.63) is 45.2 Å². The largest absolute Gasteiger partial charge is 0.369 e. The fourth-order valence-electron chi connectivity index (χ4n) is 3.52. The lowest BCUT2D eigenvalue weighted by atomic mass is 9.97. The molecule has 1 aliphatic heterocycles. The third-order valence-corrected chi connectivity index (χ3v) is 4.64. The number of pyridine rings is 1. The Hall–Kier alpha value is -2.14. The van der Waals surface area contributed by atoms with Crippen molar-refractivity contribution in [3.63, 3.8) is 0 Å². The maximum absolute atomic E-state index is 12.4. The summed E-state index contributed by atoms with van der Waals surface area (Å²) in [6.45, 7) is 6.25. The summed E-state index contributed by atoms with van der Waals surface area (Å²) in [6.07, 6.45) is 1.82. The Bertz CT molecular complexity index is 810. The predicted molar refractivity (Wildman–Crippen MR) is 91.2 cm³/mol. The van der Waals surface area contributed by atoms with E-state index in [1.807, 2.05) is 19.9 Å². The number of likely N-dealkylation sites (tertiary alicyclic amines) is 1. The molecular weight excluding hydrogens is 290 g/mol. The van der Waals surface area contributed by atoms with Crippen LogP contribution in [-0.4, -0.2) is 28.9 Å². The summed E-state index contributed by atoms with van der Waals surface area (Å²) in [4.78, 5) is 29.4. The van der Waals surface area contributed by atoms with Gasteiger partial charge in [0.2, 0.25) is 5.91 Å². The van der Waals surface area contributed by atoms with Crippen LogP contribution in [0.3, 0.4) is 0 Å². The number of nitrogens with zero attached hydrogens (tertiary/aromatic N) is 1. The first-order valence-electron chi connectivity index (χ1n) is 8.09. The molecule has 3 rings (SSSR count). The van der Waals surface area contributed by atoms with E-state index in [9.17, 15) is 9.59 Å². The van der Waals surface area contributed by atoms with Gasteiger partial charge in [-0.25, -0.2) is 0 Å². The zero-order valence-electron chi connectivity index (χ0n) is 13.7. The van der Waals surface area contributed by atoms with Crippen LogP contribution in [0.1, 0.15) is 29.7 Å². The van der Waals surface area contributed by atoms with Crippen molar-refractivity contribution in [1.82, 2.24) is 9.88 Å². The molecule has 3 N–H and O–H groups in total. The van der Waals surface area contributed by atoms with Crippen molar-refractivity contribution < 1.29 is 4.79 Å². The molecule has 0 radical (unpaired) electrons. The highest BCUT2D eigenvalue weighted by Crippen LogP contribution is 2.20. The second-order valence-electron chi connectivity index (χ2n) is 6.64. The molecule has 2 heterocycles. The highest BCUT2D eigenvalue weighted by atomic mass is 16.1. The van der Waals surface area contributed by atoms with E-state index in [4.69, 9.17) is 5.73 Å². The summed E-state index contributed by atoms with van der Waals surface area (Å²) >= 11 is 0. The SMILES string of the molecule is Cc1cc(C)c2[nH]c(CN3CCC[C@@H](C(N)=O)C3)cc(=O)c2c1. The van der Waals surface area contributed by atoms with Gasteiger partial charge in [-0.3, -0.25) is 14.5 Å². The van der Waals surface area contributed by atoms with Crippen molar-refractivity contribution >= 4 is 16.8 Å². The normalized spacial score (nSPS) is 19.1. The van der Waals surface area contributed by atoms with Gasteiger partial charge in [-0.1, -0.05) is 6.07 Å². The molecule has 23 heavy (non-hydrogen) atoms. The fraction of sp³-hybridized carbons (Fsp3) is 0.444. The second-order valence-corrected chi connectivity index (χ2v) is 6.64. The highest BCUT2D eigenvalue weighted by molar-refractivity contribution is 5.82. The zero-order valence-corrected chi connectivity index (χ0v) is 13.7. The van der Waals surface area contributed by atoms with Crippen molar-refractivity contribution in [3.8, 4) is 0 Å². The van der Waals surface area contributed by atoms with Gasteiger partial charge in [0, 0.05) is 30.2 Å². The first-order chi connectivity index (χ1) is 10.9. The van der Waals surface area contributed by atoms with Gasteiger partial charge in [0.25, 0.3) is 0 Å². The maximum Gasteiger partial charge on any atom is 0.221 e. The van der Waals surface area contributed by atoms with Gasteiger partial charge in [-0.05, 0) is 50.4 Å². The van der Waals surface area contributed by atoms with Crippen LogP contribution >= 0.6 is 0 Å². The molecule has 1 aromatic heterocycles. The number of fused-ring (bicyclic) bond motifs is 1. The molecule has 5 nitrogen and oxygen atoms in total. The number of hydrogen-bond acceptors (Lipinski definition) is 3. The number of nitrogens with one attached hydrogen (secondary N) is 1. The van der Waals surface area contributed by atoms with Crippen molar-refractivity contribution in [2.24, 2.45) is 11.7 Å². The van der Waals surface area contributed by atoms with Gasteiger partial charge in [-0.2, -0.15) is 0 Å². The van der Waals surface area contributed by atoms with E-state index in [0.29, 0.717) is 13.1 Å². The van der Waals surface area contributed by atoms with Crippen LogP contribution in [0.5, 0.6) is 0 Å². The van der Waals surface area contributed by atoms with E-state index in [2.05, 4.69) is 16.0 Å². The Morgan fingerprint density at radius 3 is 2.87 bits per heavy atom. The number of primary amides is 1. The van der Waals surface area contributed by atoms with E-state index in [1.54, 1.807) is 6.07 Å². The average molecular weight is 313 g/mol. The summed E-state index contributed by atoms with van der Waals surface area (Å²) in [5, 5.41) is 0.736. The molecule has 0 aliphatic carbocycles. The second kappa shape index (κ2) is 6.16. The number of H-pyrrole nitrogens is 1. The molecule has 122 valence electrons. The molecule has 0 bridgehead atoms. The lowest BCUT2D eigenvalue weighted by Crippen LogP contribution is -2.40. The fourth-order valence-corrected chi connectivity index (χ4v) is 3.52. The monoisotopic (exact) mass is 313 g/mol. The molecule has 1 aromatic carbocycles. The molecule has 0 unspecified atom stereocenters. The average Bonchev–Trinajstić information content (AvgIpc) is 2.49. The third kappa shape index (κ3) is 3.29. The van der Waals surface area contributed by atoms with Crippen LogP contribution in [0.25, 0.3) is 10.9 Å². The van der Waals surface area contributed by atoms with Crippen LogP contribution in [-0.2, 0) is 11.3 Å². The Kier molecular flexibility index (Phi) is 4.22. The number of piperidine rings is 1. The van der Waals surface area contributed by atoms with Crippen molar-refractivity contribution in [2.75, 3.05) is 13.1 Å². The lowest BCUT2D eigenvalue weighted by Gasteiger charge is -2.31. The van der Waals surface area contributed by atoms with Gasteiger partial charge in [-0.15, -0.1) is 0 Å². The number of hydrogen-bond donors (Lipinski definition) is 2. The molecule has 1 aliphatic rings. The molecule has 0 saturated carbocycles. The Morgan fingerprint density at radius 1 is 1.35 bits per heavy atom. The van der Waals surface area contributed by atoms with E-state index in [-0.39, 0.29) is 17.3 Å². The number of carbonyl (C=O) groups is 1. The zero-order chi connectivity index (χ0) is 16.6. The predicted octanol–water partition coefficient (Wildman–Crippen LogP) is 1.84. The van der Waals surface area contributed by atoms with Crippen LogP contribution in [0.2, 0.25) is 0 Å². The number of amides is 1. The van der Waals surface area contributed by atoms with Crippen molar-refractivity contribution in [2.45, 2.75) is 33.2 Å². The molecule has 1 atom stereocenters. The van der Waals surface area contributed by atoms with Gasteiger partial charge in [0.1, 0.15) is 0 Å². The minimum Gasteiger partial charge on any atom is -0.369 e. The minimum atomic E-state index is -0.229. The van der Waals surface area contributed by atoms with Gasteiger partial charge < -0.3 is 10.7 Å². The molecule has 1 fully saturated rings. The Morgan fingerprint density at radius 2 is 2.13 bits per heavy atom. The summed E-state index contributed by atoms with van der Waals surface area (Å²) < 4.78 is 0. The van der Waals surface area contributed by atoms with Gasteiger partial charge in [0.05, 0.1) is 11.4 Å². The standard InChI is InChI=1S/C18H23N3O2/c1-11-6-12(2)17-15(7-11)16(22)8-14(20-17)10-21-5-3-4-13(9-21)18(19)23/h6-8,13H,3-5,9-10H2,1-2H3,(H2,19,23)(H,20,22)/t13-/m1/s1. The summed E-state index contributed by atoms with van der Waals surface area (Å²) in [7, 11) is 0. The number of nitrogens with two attached hydrogens (primary N) is 1. The number of rotatable bonds is 3. The third-order valence-electron chi connectivity index (χ3n) is 4.64. The maximum atomic E-state index is 12.4. The highest BCUT2D eigenvalue weighted by Gasteiger charge is 2.24. The molecule has 2 aromatic rings. The topological polar surface area (TPSA) is 79.2 Å². The quantitative estimate of drug-likeness (QED) is 0.907. The lowest BCUT2D eigenvalue weighted by molar-refractivity contribution is -0.123. The van der Waals surface area contributed by atoms with E-state index >= 15 is 0 Å². The first kappa shape index (κ1) is 15.7. The van der Waals surface area contributed by atoms with Gasteiger partial charge in [0.15, 0.2) is 5.43 Å². The van der Waals surface area contributed by atoms with Crippen molar-refractivity contribution in [1.29, 1.82) is 0 Å². The first-order valence-corrected chi connectivity index (χ1v) is 8.09. The van der Waals surface area contributed by atoms with E-state index < -0.39 is 0 Å². The van der Waals surface area contributed by atoms with E-state index in [1.165, 1.54) is 0 Å². The molecule has 1 amide bonds. The summed E-state index contributed by atoms with van der Waals surface area (Å²) in [5.41, 5.74) is 9.44.